The Morgan fingerprint density at radius 3 is 3.03 bits per heavy atom. The summed E-state index contributed by atoms with van der Waals surface area (Å²) in [4.78, 5) is 23.3. The summed E-state index contributed by atoms with van der Waals surface area (Å²) < 4.78 is 22.7. The number of nitrogens with one attached hydrogen (secondary N) is 1. The summed E-state index contributed by atoms with van der Waals surface area (Å²) in [5.41, 5.74) is 0.949. The van der Waals surface area contributed by atoms with E-state index in [1.165, 1.54) is 22.3 Å². The van der Waals surface area contributed by atoms with Crippen LogP contribution in [0.3, 0.4) is 0 Å². The molecule has 1 amide bonds. The molecule has 1 fully saturated rings. The van der Waals surface area contributed by atoms with Crippen molar-refractivity contribution >= 4 is 39.1 Å². The molecule has 0 spiro atoms. The molecule has 4 heterocycles. The van der Waals surface area contributed by atoms with Crippen LogP contribution in [0.5, 0.6) is 5.88 Å². The van der Waals surface area contributed by atoms with E-state index in [0.717, 1.165) is 33.9 Å². The summed E-state index contributed by atoms with van der Waals surface area (Å²) in [6, 6.07) is 3.88. The minimum atomic E-state index is -1.29. The third kappa shape index (κ3) is 4.02. The number of carbonyl (C=O) groups is 1. The maximum atomic E-state index is 14.6. The van der Waals surface area contributed by atoms with E-state index in [0.29, 0.717) is 11.7 Å². The zero-order chi connectivity index (χ0) is 21.3. The molecule has 1 saturated heterocycles. The van der Waals surface area contributed by atoms with E-state index in [1.54, 1.807) is 6.20 Å². The standard InChI is InChI=1S/C21H24FN5O2S/c1-4-7-26-8-6-14-16(26)9-18(25-21-23-10-13(3)30-21)24-20(14)29-17-12-27(11-15(17)22)19(28)5-2/h5-6,8-10,15,17H,2,4,7,11-12H2,1,3H3,(H,23,24,25)/t15-,17+/m0/s1. The van der Waals surface area contributed by atoms with E-state index in [2.05, 4.69) is 33.4 Å². The van der Waals surface area contributed by atoms with Crippen LogP contribution in [0.25, 0.3) is 10.9 Å². The zero-order valence-electron chi connectivity index (χ0n) is 17.0. The maximum absolute atomic E-state index is 14.6. The number of likely N-dealkylation sites (tertiary alicyclic amines) is 1. The van der Waals surface area contributed by atoms with Crippen molar-refractivity contribution in [1.82, 2.24) is 19.4 Å². The molecule has 3 aromatic rings. The number of halogens is 1. The molecule has 0 saturated carbocycles. The third-order valence-electron chi connectivity index (χ3n) is 5.00. The fourth-order valence-corrected chi connectivity index (χ4v) is 4.24. The lowest BCUT2D eigenvalue weighted by Crippen LogP contribution is -2.30. The predicted octanol–water partition coefficient (Wildman–Crippen LogP) is 4.07. The minimum Gasteiger partial charge on any atom is -0.469 e. The number of rotatable bonds is 7. The largest absolute Gasteiger partial charge is 0.469 e. The van der Waals surface area contributed by atoms with Crippen LogP contribution in [-0.2, 0) is 11.3 Å². The summed E-state index contributed by atoms with van der Waals surface area (Å²) in [7, 11) is 0. The van der Waals surface area contributed by atoms with Gasteiger partial charge in [-0.3, -0.25) is 4.79 Å². The van der Waals surface area contributed by atoms with Gasteiger partial charge in [-0.1, -0.05) is 13.5 Å². The number of anilines is 2. The topological polar surface area (TPSA) is 72.3 Å². The van der Waals surface area contributed by atoms with Gasteiger partial charge in [-0.25, -0.2) is 9.37 Å². The average molecular weight is 430 g/mol. The fraction of sp³-hybridized carbons (Fsp3) is 0.381. The Morgan fingerprint density at radius 2 is 2.33 bits per heavy atom. The molecule has 158 valence electrons. The Balaban J connectivity index is 1.67. The number of ether oxygens (including phenoxy) is 1. The van der Waals surface area contributed by atoms with Crippen molar-refractivity contribution in [2.45, 2.75) is 39.1 Å². The molecule has 9 heteroatoms. The Morgan fingerprint density at radius 1 is 1.50 bits per heavy atom. The number of aromatic nitrogens is 3. The molecule has 1 N–H and O–H groups in total. The van der Waals surface area contributed by atoms with E-state index in [-0.39, 0.29) is 19.0 Å². The average Bonchev–Trinajstić information content (AvgIpc) is 3.42. The van der Waals surface area contributed by atoms with Gasteiger partial charge in [-0.15, -0.1) is 11.3 Å². The van der Waals surface area contributed by atoms with E-state index in [1.807, 2.05) is 25.3 Å². The van der Waals surface area contributed by atoms with Crippen LogP contribution >= 0.6 is 11.3 Å². The highest BCUT2D eigenvalue weighted by Gasteiger charge is 2.37. The van der Waals surface area contributed by atoms with Gasteiger partial charge in [0.05, 0.1) is 24.0 Å². The summed E-state index contributed by atoms with van der Waals surface area (Å²) in [6.45, 7) is 8.57. The number of thiazole rings is 1. The van der Waals surface area contributed by atoms with E-state index in [9.17, 15) is 9.18 Å². The molecule has 7 nitrogen and oxygen atoms in total. The van der Waals surface area contributed by atoms with E-state index < -0.39 is 12.3 Å². The van der Waals surface area contributed by atoms with Crippen molar-refractivity contribution in [2.75, 3.05) is 18.4 Å². The van der Waals surface area contributed by atoms with Crippen molar-refractivity contribution in [3.63, 3.8) is 0 Å². The van der Waals surface area contributed by atoms with Gasteiger partial charge in [0.25, 0.3) is 0 Å². The van der Waals surface area contributed by atoms with Crippen LogP contribution in [0.1, 0.15) is 18.2 Å². The highest BCUT2D eigenvalue weighted by atomic mass is 32.1. The number of pyridine rings is 1. The lowest BCUT2D eigenvalue weighted by molar-refractivity contribution is -0.125. The first-order chi connectivity index (χ1) is 14.5. The predicted molar refractivity (Wildman–Crippen MR) is 116 cm³/mol. The van der Waals surface area contributed by atoms with Gasteiger partial charge >= 0.3 is 0 Å². The van der Waals surface area contributed by atoms with Gasteiger partial charge < -0.3 is 19.5 Å². The second-order valence-corrected chi connectivity index (χ2v) is 8.51. The van der Waals surface area contributed by atoms with Gasteiger partial charge in [-0.05, 0) is 25.5 Å². The van der Waals surface area contributed by atoms with Crippen molar-refractivity contribution in [2.24, 2.45) is 0 Å². The normalized spacial score (nSPS) is 18.7. The molecule has 4 rings (SSSR count). The van der Waals surface area contributed by atoms with Crippen molar-refractivity contribution in [1.29, 1.82) is 0 Å². The van der Waals surface area contributed by atoms with Crippen molar-refractivity contribution in [3.8, 4) is 5.88 Å². The lowest BCUT2D eigenvalue weighted by Gasteiger charge is -2.17. The number of hydrogen-bond donors (Lipinski definition) is 1. The first-order valence-corrected chi connectivity index (χ1v) is 10.7. The second kappa shape index (κ2) is 8.43. The summed E-state index contributed by atoms with van der Waals surface area (Å²) in [5, 5.41) is 4.76. The number of alkyl halides is 1. The van der Waals surface area contributed by atoms with Crippen LogP contribution in [0, 0.1) is 6.92 Å². The van der Waals surface area contributed by atoms with Gasteiger partial charge in [0.2, 0.25) is 11.8 Å². The molecule has 2 atom stereocenters. The van der Waals surface area contributed by atoms with Gasteiger partial charge in [0, 0.05) is 29.9 Å². The SMILES string of the molecule is C=CC(=O)N1C[C@H](F)[C@H](Oc2nc(Nc3ncc(C)s3)cc3c2ccn3CCC)C1. The zero-order valence-corrected chi connectivity index (χ0v) is 17.8. The molecule has 0 aliphatic carbocycles. The summed E-state index contributed by atoms with van der Waals surface area (Å²) >= 11 is 1.53. The van der Waals surface area contributed by atoms with Gasteiger partial charge in [-0.2, -0.15) is 4.98 Å². The number of aryl methyl sites for hydroxylation is 2. The monoisotopic (exact) mass is 429 g/mol. The number of fused-ring (bicyclic) bond motifs is 1. The number of amides is 1. The molecule has 0 unspecified atom stereocenters. The second-order valence-electron chi connectivity index (χ2n) is 7.28. The Kier molecular flexibility index (Phi) is 5.72. The highest BCUT2D eigenvalue weighted by molar-refractivity contribution is 7.15. The van der Waals surface area contributed by atoms with Crippen LogP contribution < -0.4 is 10.1 Å². The van der Waals surface area contributed by atoms with Crippen LogP contribution in [-0.4, -0.2) is 50.7 Å². The number of carbonyl (C=O) groups excluding carboxylic acids is 1. The van der Waals surface area contributed by atoms with Crippen LogP contribution in [0.2, 0.25) is 0 Å². The fourth-order valence-electron chi connectivity index (χ4n) is 3.57. The van der Waals surface area contributed by atoms with Gasteiger partial charge in [0.15, 0.2) is 17.4 Å². The van der Waals surface area contributed by atoms with E-state index in [4.69, 9.17) is 4.74 Å². The summed E-state index contributed by atoms with van der Waals surface area (Å²) in [5.74, 6) is 0.625. The van der Waals surface area contributed by atoms with Crippen LogP contribution in [0.4, 0.5) is 15.3 Å². The molecule has 0 aromatic carbocycles. The molecule has 30 heavy (non-hydrogen) atoms. The molecular weight excluding hydrogens is 405 g/mol. The molecule has 0 bridgehead atoms. The molecule has 1 aliphatic heterocycles. The minimum absolute atomic E-state index is 0.00809. The van der Waals surface area contributed by atoms with Crippen LogP contribution in [0.15, 0.2) is 37.2 Å². The molecule has 1 aliphatic rings. The maximum Gasteiger partial charge on any atom is 0.246 e. The smallest absolute Gasteiger partial charge is 0.246 e. The lowest BCUT2D eigenvalue weighted by atomic mass is 10.2. The first kappa shape index (κ1) is 20.3. The Labute approximate surface area is 178 Å². The molecule has 3 aromatic heterocycles. The number of hydrogen-bond acceptors (Lipinski definition) is 6. The first-order valence-electron chi connectivity index (χ1n) is 9.90. The Bertz CT molecular complexity index is 1080. The number of nitrogens with zero attached hydrogens (tertiary/aromatic N) is 4. The van der Waals surface area contributed by atoms with Crippen molar-refractivity contribution in [3.05, 3.63) is 42.1 Å². The molecular formula is C21H24FN5O2S. The third-order valence-corrected chi connectivity index (χ3v) is 5.83. The van der Waals surface area contributed by atoms with Gasteiger partial charge in [0.1, 0.15) is 5.82 Å². The van der Waals surface area contributed by atoms with Crippen molar-refractivity contribution < 1.29 is 13.9 Å². The summed E-state index contributed by atoms with van der Waals surface area (Å²) in [6.07, 6.45) is 3.87. The highest BCUT2D eigenvalue weighted by Crippen LogP contribution is 2.32. The van der Waals surface area contributed by atoms with E-state index >= 15 is 0 Å². The Hall–Kier alpha value is -2.94. The quantitative estimate of drug-likeness (QED) is 0.573. The molecule has 0 radical (unpaired) electrons.